The number of alkyl halides is 3. The number of H-pyrrole nitrogens is 1. The fourth-order valence-corrected chi connectivity index (χ4v) is 4.38. The summed E-state index contributed by atoms with van der Waals surface area (Å²) in [5, 5.41) is 11.3. The predicted molar refractivity (Wildman–Crippen MR) is 109 cm³/mol. The topological polar surface area (TPSA) is 82.1 Å². The van der Waals surface area contributed by atoms with E-state index in [0.717, 1.165) is 29.0 Å². The highest BCUT2D eigenvalue weighted by Crippen LogP contribution is 2.40. The van der Waals surface area contributed by atoms with Gasteiger partial charge >= 0.3 is 12.3 Å². The molecule has 0 aliphatic carbocycles. The molecule has 1 fully saturated rings. The molecule has 1 amide bonds. The Labute approximate surface area is 174 Å². The Bertz CT molecular complexity index is 1320. The van der Waals surface area contributed by atoms with Gasteiger partial charge in [0.25, 0.3) is 0 Å². The summed E-state index contributed by atoms with van der Waals surface area (Å²) in [6, 6.07) is 6.66. The van der Waals surface area contributed by atoms with E-state index in [1.54, 1.807) is 12.4 Å². The molecule has 0 bridgehead atoms. The first kappa shape index (κ1) is 19.3. The molecule has 9 heteroatoms. The summed E-state index contributed by atoms with van der Waals surface area (Å²) < 4.78 is 40.1. The van der Waals surface area contributed by atoms with E-state index in [0.29, 0.717) is 24.1 Å². The van der Waals surface area contributed by atoms with Crippen LogP contribution in [0.2, 0.25) is 0 Å². The van der Waals surface area contributed by atoms with Crippen molar-refractivity contribution >= 4 is 27.9 Å². The standard InChI is InChI=1S/C22H17F3N4O2/c23-22(24,25)18-11-28-20-16(18)8-14(9-27-20)13-6-12-3-4-26-10-17(12)15(7-13)19-2-1-5-29(19)21(30)31/h3-4,6-11,19H,1-2,5H2,(H,27,28)(H,30,31). The molecular weight excluding hydrogens is 409 g/mol. The summed E-state index contributed by atoms with van der Waals surface area (Å²) in [6.45, 7) is 0.442. The molecule has 1 unspecified atom stereocenters. The predicted octanol–water partition coefficient (Wildman–Crippen LogP) is 5.61. The van der Waals surface area contributed by atoms with Gasteiger partial charge in [0, 0.05) is 47.7 Å². The van der Waals surface area contributed by atoms with E-state index in [1.165, 1.54) is 17.2 Å². The second kappa shape index (κ2) is 6.97. The van der Waals surface area contributed by atoms with Gasteiger partial charge in [0.1, 0.15) is 5.65 Å². The molecule has 0 saturated carbocycles. The number of aromatic nitrogens is 3. The zero-order valence-corrected chi connectivity index (χ0v) is 16.1. The number of benzene rings is 1. The second-order valence-corrected chi connectivity index (χ2v) is 7.62. The maximum Gasteiger partial charge on any atom is 0.418 e. The number of aromatic amines is 1. The molecule has 1 saturated heterocycles. The number of nitrogens with one attached hydrogen (secondary N) is 1. The maximum absolute atomic E-state index is 13.4. The molecule has 0 radical (unpaired) electrons. The van der Waals surface area contributed by atoms with E-state index in [9.17, 15) is 23.1 Å². The van der Waals surface area contributed by atoms with Gasteiger partial charge in [-0.25, -0.2) is 9.78 Å². The van der Waals surface area contributed by atoms with Crippen molar-refractivity contribution in [3.05, 3.63) is 60.2 Å². The molecule has 31 heavy (non-hydrogen) atoms. The van der Waals surface area contributed by atoms with Crippen molar-refractivity contribution < 1.29 is 23.1 Å². The number of hydrogen-bond acceptors (Lipinski definition) is 3. The normalized spacial score (nSPS) is 17.0. The number of halogens is 3. The SMILES string of the molecule is O=C(O)N1CCCC1c1cc(-c2cnc3[nH]cc(C(F)(F)F)c3c2)cc2ccncc12. The number of likely N-dealkylation sites (tertiary alicyclic amines) is 1. The fourth-order valence-electron chi connectivity index (χ4n) is 4.38. The van der Waals surface area contributed by atoms with Gasteiger partial charge in [-0.1, -0.05) is 0 Å². The first-order valence-corrected chi connectivity index (χ1v) is 9.75. The molecule has 5 rings (SSSR count). The minimum Gasteiger partial charge on any atom is -0.465 e. The lowest BCUT2D eigenvalue weighted by molar-refractivity contribution is -0.136. The lowest BCUT2D eigenvalue weighted by atomic mass is 9.93. The zero-order chi connectivity index (χ0) is 21.8. The average Bonchev–Trinajstić information content (AvgIpc) is 3.39. The first-order valence-electron chi connectivity index (χ1n) is 9.75. The Morgan fingerprint density at radius 3 is 2.77 bits per heavy atom. The first-order chi connectivity index (χ1) is 14.8. The Balaban J connectivity index is 1.70. The van der Waals surface area contributed by atoms with Crippen molar-refractivity contribution in [2.45, 2.75) is 25.1 Å². The molecule has 3 aromatic heterocycles. The van der Waals surface area contributed by atoms with Gasteiger partial charge in [-0.3, -0.25) is 4.98 Å². The summed E-state index contributed by atoms with van der Waals surface area (Å²) in [5.41, 5.74) is 1.39. The van der Waals surface area contributed by atoms with Crippen molar-refractivity contribution in [1.82, 2.24) is 19.9 Å². The third kappa shape index (κ3) is 3.26. The van der Waals surface area contributed by atoms with Gasteiger partial charge in [0.2, 0.25) is 0 Å². The van der Waals surface area contributed by atoms with Crippen molar-refractivity contribution in [3.63, 3.8) is 0 Å². The van der Waals surface area contributed by atoms with Crippen LogP contribution in [0.5, 0.6) is 0 Å². The molecule has 4 aromatic rings. The van der Waals surface area contributed by atoms with Crippen LogP contribution in [0.15, 0.2) is 49.1 Å². The van der Waals surface area contributed by atoms with Gasteiger partial charge in [0.05, 0.1) is 11.6 Å². The van der Waals surface area contributed by atoms with Crippen LogP contribution in [0.25, 0.3) is 32.9 Å². The highest BCUT2D eigenvalue weighted by molar-refractivity contribution is 5.92. The molecule has 4 heterocycles. The molecule has 158 valence electrons. The van der Waals surface area contributed by atoms with Gasteiger partial charge in [0.15, 0.2) is 0 Å². The van der Waals surface area contributed by atoms with Crippen LogP contribution in [0, 0.1) is 0 Å². The molecular formula is C22H17F3N4O2. The molecule has 1 aliphatic heterocycles. The quantitative estimate of drug-likeness (QED) is 0.436. The van der Waals surface area contributed by atoms with Crippen LogP contribution < -0.4 is 0 Å². The van der Waals surface area contributed by atoms with Crippen LogP contribution in [-0.2, 0) is 6.18 Å². The number of carboxylic acid groups (broad SMARTS) is 1. The molecule has 0 spiro atoms. The second-order valence-electron chi connectivity index (χ2n) is 7.62. The van der Waals surface area contributed by atoms with E-state index >= 15 is 0 Å². The minimum absolute atomic E-state index is 0.00518. The van der Waals surface area contributed by atoms with Gasteiger partial charge < -0.3 is 15.0 Å². The van der Waals surface area contributed by atoms with E-state index < -0.39 is 17.8 Å². The molecule has 1 aliphatic rings. The molecule has 6 nitrogen and oxygen atoms in total. The van der Waals surface area contributed by atoms with Gasteiger partial charge in [-0.05, 0) is 53.6 Å². The summed E-state index contributed by atoms with van der Waals surface area (Å²) in [5.74, 6) is 0. The number of amides is 1. The number of pyridine rings is 2. The van der Waals surface area contributed by atoms with Crippen LogP contribution in [-0.4, -0.2) is 37.6 Å². The Kier molecular flexibility index (Phi) is 4.35. The van der Waals surface area contributed by atoms with Crippen molar-refractivity contribution in [2.24, 2.45) is 0 Å². The number of nitrogens with zero attached hydrogens (tertiary/aromatic N) is 3. The van der Waals surface area contributed by atoms with E-state index in [2.05, 4.69) is 15.0 Å². The van der Waals surface area contributed by atoms with Crippen LogP contribution in [0.4, 0.5) is 18.0 Å². The van der Waals surface area contributed by atoms with Gasteiger partial charge in [-0.15, -0.1) is 0 Å². The summed E-state index contributed by atoms with van der Waals surface area (Å²) >= 11 is 0. The summed E-state index contributed by atoms with van der Waals surface area (Å²) in [4.78, 5) is 24.0. The summed E-state index contributed by atoms with van der Waals surface area (Å²) in [7, 11) is 0. The number of fused-ring (bicyclic) bond motifs is 2. The third-order valence-corrected chi connectivity index (χ3v) is 5.82. The zero-order valence-electron chi connectivity index (χ0n) is 16.1. The van der Waals surface area contributed by atoms with Crippen molar-refractivity contribution in [3.8, 4) is 11.1 Å². The third-order valence-electron chi connectivity index (χ3n) is 5.82. The number of rotatable bonds is 2. The molecule has 2 N–H and O–H groups in total. The molecule has 1 atom stereocenters. The number of hydrogen-bond donors (Lipinski definition) is 2. The highest BCUT2D eigenvalue weighted by atomic mass is 19.4. The van der Waals surface area contributed by atoms with E-state index in [-0.39, 0.29) is 17.1 Å². The summed E-state index contributed by atoms with van der Waals surface area (Å²) in [6.07, 6.45) is 1.70. The Hall–Kier alpha value is -3.62. The van der Waals surface area contributed by atoms with Gasteiger partial charge in [-0.2, -0.15) is 13.2 Å². The van der Waals surface area contributed by atoms with Crippen molar-refractivity contribution in [2.75, 3.05) is 6.54 Å². The smallest absolute Gasteiger partial charge is 0.418 e. The van der Waals surface area contributed by atoms with E-state index in [4.69, 9.17) is 0 Å². The maximum atomic E-state index is 13.4. The van der Waals surface area contributed by atoms with Crippen molar-refractivity contribution in [1.29, 1.82) is 0 Å². The Morgan fingerprint density at radius 2 is 2.00 bits per heavy atom. The lowest BCUT2D eigenvalue weighted by Gasteiger charge is -2.24. The minimum atomic E-state index is -4.50. The largest absolute Gasteiger partial charge is 0.465 e. The highest BCUT2D eigenvalue weighted by Gasteiger charge is 2.34. The number of carbonyl (C=O) groups is 1. The fraction of sp³-hybridized carbons (Fsp3) is 0.227. The average molecular weight is 426 g/mol. The lowest BCUT2D eigenvalue weighted by Crippen LogP contribution is -2.28. The van der Waals surface area contributed by atoms with E-state index in [1.807, 2.05) is 18.2 Å². The van der Waals surface area contributed by atoms with Crippen LogP contribution in [0.1, 0.15) is 30.0 Å². The monoisotopic (exact) mass is 426 g/mol. The molecule has 1 aromatic carbocycles. The van der Waals surface area contributed by atoms with Crippen LogP contribution in [0.3, 0.4) is 0 Å². The van der Waals surface area contributed by atoms with Crippen LogP contribution >= 0.6 is 0 Å². The Morgan fingerprint density at radius 1 is 1.16 bits per heavy atom.